The SMILES string of the molecule is COC(=O)c1ccccc1[C@H](C)[C@]1(C#N)c2ccccc2C=CN1C(=O)c1ccccc1C. The van der Waals surface area contributed by atoms with Crippen LogP contribution in [0, 0.1) is 18.3 Å². The zero-order valence-electron chi connectivity index (χ0n) is 18.8. The van der Waals surface area contributed by atoms with Crippen LogP contribution in [-0.4, -0.2) is 23.9 Å². The molecular formula is C28H24N2O3. The Morgan fingerprint density at radius 2 is 1.61 bits per heavy atom. The van der Waals surface area contributed by atoms with E-state index in [1.165, 1.54) is 12.0 Å². The maximum Gasteiger partial charge on any atom is 0.338 e. The van der Waals surface area contributed by atoms with E-state index < -0.39 is 17.4 Å². The van der Waals surface area contributed by atoms with Crippen molar-refractivity contribution in [2.24, 2.45) is 0 Å². The fourth-order valence-corrected chi connectivity index (χ4v) is 4.61. The number of hydrogen-bond acceptors (Lipinski definition) is 4. The molecular weight excluding hydrogens is 412 g/mol. The first kappa shape index (κ1) is 22.0. The highest BCUT2D eigenvalue weighted by atomic mass is 16.5. The van der Waals surface area contributed by atoms with Crippen LogP contribution in [0.3, 0.4) is 0 Å². The van der Waals surface area contributed by atoms with Crippen molar-refractivity contribution in [2.75, 3.05) is 7.11 Å². The van der Waals surface area contributed by atoms with Crippen molar-refractivity contribution in [1.29, 1.82) is 5.26 Å². The number of hydrogen-bond donors (Lipinski definition) is 0. The van der Waals surface area contributed by atoms with Gasteiger partial charge in [-0.2, -0.15) is 5.26 Å². The number of benzene rings is 3. The molecule has 1 heterocycles. The van der Waals surface area contributed by atoms with Crippen LogP contribution in [0.4, 0.5) is 0 Å². The number of aryl methyl sites for hydroxylation is 1. The number of carbonyl (C=O) groups is 2. The second-order valence-corrected chi connectivity index (χ2v) is 8.07. The molecule has 0 bridgehead atoms. The summed E-state index contributed by atoms with van der Waals surface area (Å²) in [4.78, 5) is 27.9. The highest BCUT2D eigenvalue weighted by Gasteiger charge is 2.50. The number of methoxy groups -OCH3 is 1. The second kappa shape index (κ2) is 8.76. The molecule has 0 spiro atoms. The zero-order chi connectivity index (χ0) is 23.6. The Labute approximate surface area is 193 Å². The van der Waals surface area contributed by atoms with Gasteiger partial charge >= 0.3 is 5.97 Å². The zero-order valence-corrected chi connectivity index (χ0v) is 18.8. The maximum absolute atomic E-state index is 13.8. The minimum absolute atomic E-state index is 0.275. The van der Waals surface area contributed by atoms with Crippen LogP contribution in [0.5, 0.6) is 0 Å². The van der Waals surface area contributed by atoms with Crippen LogP contribution in [0.1, 0.15) is 55.8 Å². The van der Waals surface area contributed by atoms with Crippen LogP contribution < -0.4 is 0 Å². The lowest BCUT2D eigenvalue weighted by atomic mass is 9.71. The summed E-state index contributed by atoms with van der Waals surface area (Å²) >= 11 is 0. The summed E-state index contributed by atoms with van der Waals surface area (Å²) in [5.74, 6) is -1.30. The van der Waals surface area contributed by atoms with Gasteiger partial charge in [0.05, 0.1) is 18.7 Å². The highest BCUT2D eigenvalue weighted by molar-refractivity contribution is 5.98. The first-order valence-corrected chi connectivity index (χ1v) is 10.7. The van der Waals surface area contributed by atoms with Gasteiger partial charge in [0.25, 0.3) is 5.91 Å². The molecule has 0 N–H and O–H groups in total. The standard InChI is InChI=1S/C28H24N2O3/c1-19-10-4-6-12-22(19)26(31)30-17-16-21-11-5-9-15-25(21)28(30,18-29)20(2)23-13-7-8-14-24(23)27(32)33-3/h4-17,20H,1-3H3/t20-,28+/m0/s1. The topological polar surface area (TPSA) is 70.4 Å². The van der Waals surface area contributed by atoms with Crippen LogP contribution in [0.2, 0.25) is 0 Å². The summed E-state index contributed by atoms with van der Waals surface area (Å²) in [6.45, 7) is 3.75. The van der Waals surface area contributed by atoms with E-state index in [9.17, 15) is 14.9 Å². The Balaban J connectivity index is 1.97. The number of amides is 1. The van der Waals surface area contributed by atoms with Gasteiger partial charge in [0.2, 0.25) is 0 Å². The molecule has 5 nitrogen and oxygen atoms in total. The van der Waals surface area contributed by atoms with Crippen molar-refractivity contribution in [1.82, 2.24) is 4.90 Å². The summed E-state index contributed by atoms with van der Waals surface area (Å²) in [6.07, 6.45) is 3.53. The summed E-state index contributed by atoms with van der Waals surface area (Å²) in [6, 6.07) is 24.4. The minimum atomic E-state index is -1.38. The average molecular weight is 437 g/mol. The quantitative estimate of drug-likeness (QED) is 0.511. The Morgan fingerprint density at radius 1 is 0.970 bits per heavy atom. The van der Waals surface area contributed by atoms with E-state index in [0.717, 1.165) is 11.1 Å². The van der Waals surface area contributed by atoms with E-state index in [0.29, 0.717) is 22.3 Å². The second-order valence-electron chi connectivity index (χ2n) is 8.07. The summed E-state index contributed by atoms with van der Waals surface area (Å²) in [7, 11) is 1.33. The minimum Gasteiger partial charge on any atom is -0.465 e. The highest BCUT2D eigenvalue weighted by Crippen LogP contribution is 2.47. The van der Waals surface area contributed by atoms with Crippen molar-refractivity contribution >= 4 is 18.0 Å². The number of nitrogens with zero attached hydrogens (tertiary/aromatic N) is 2. The molecule has 0 aliphatic carbocycles. The molecule has 3 aromatic rings. The van der Waals surface area contributed by atoms with Gasteiger partial charge in [-0.1, -0.05) is 67.6 Å². The molecule has 0 saturated carbocycles. The summed E-state index contributed by atoms with van der Waals surface area (Å²) in [5, 5.41) is 10.7. The summed E-state index contributed by atoms with van der Waals surface area (Å²) < 4.78 is 4.99. The number of esters is 1. The van der Waals surface area contributed by atoms with Gasteiger partial charge < -0.3 is 4.74 Å². The first-order chi connectivity index (χ1) is 16.0. The monoisotopic (exact) mass is 436 g/mol. The molecule has 0 aromatic heterocycles. The molecule has 1 aliphatic heterocycles. The smallest absolute Gasteiger partial charge is 0.338 e. The molecule has 33 heavy (non-hydrogen) atoms. The lowest BCUT2D eigenvalue weighted by Gasteiger charge is -2.44. The molecule has 5 heteroatoms. The molecule has 0 radical (unpaired) electrons. The van der Waals surface area contributed by atoms with E-state index in [4.69, 9.17) is 4.74 Å². The fraction of sp³-hybridized carbons (Fsp3) is 0.179. The predicted molar refractivity (Wildman–Crippen MR) is 126 cm³/mol. The number of nitriles is 1. The van der Waals surface area contributed by atoms with Crippen molar-refractivity contribution in [3.8, 4) is 6.07 Å². The Bertz CT molecular complexity index is 1300. The van der Waals surface area contributed by atoms with E-state index in [2.05, 4.69) is 6.07 Å². The van der Waals surface area contributed by atoms with Crippen molar-refractivity contribution in [3.63, 3.8) is 0 Å². The molecule has 2 atom stereocenters. The van der Waals surface area contributed by atoms with E-state index in [1.807, 2.05) is 74.5 Å². The first-order valence-electron chi connectivity index (χ1n) is 10.7. The van der Waals surface area contributed by atoms with Gasteiger partial charge in [0.15, 0.2) is 5.54 Å². The van der Waals surface area contributed by atoms with Gasteiger partial charge in [-0.05, 0) is 41.8 Å². The Kier molecular flexibility index (Phi) is 5.85. The Hall–Kier alpha value is -4.17. The third-order valence-electron chi connectivity index (χ3n) is 6.38. The third kappa shape index (κ3) is 3.50. The Morgan fingerprint density at radius 3 is 2.30 bits per heavy atom. The van der Waals surface area contributed by atoms with Gasteiger partial charge in [0.1, 0.15) is 0 Å². The molecule has 1 amide bonds. The van der Waals surface area contributed by atoms with E-state index >= 15 is 0 Å². The molecule has 0 saturated heterocycles. The maximum atomic E-state index is 13.8. The lowest BCUT2D eigenvalue weighted by Crippen LogP contribution is -2.51. The van der Waals surface area contributed by atoms with Crippen molar-refractivity contribution < 1.29 is 14.3 Å². The molecule has 164 valence electrons. The van der Waals surface area contributed by atoms with Gasteiger partial charge in [-0.25, -0.2) is 4.79 Å². The van der Waals surface area contributed by atoms with Crippen LogP contribution >= 0.6 is 0 Å². The van der Waals surface area contributed by atoms with E-state index in [1.54, 1.807) is 24.4 Å². The largest absolute Gasteiger partial charge is 0.465 e. The van der Waals surface area contributed by atoms with Crippen molar-refractivity contribution in [2.45, 2.75) is 25.3 Å². The van der Waals surface area contributed by atoms with Gasteiger partial charge in [-0.15, -0.1) is 0 Å². The molecule has 3 aromatic carbocycles. The molecule has 1 aliphatic rings. The third-order valence-corrected chi connectivity index (χ3v) is 6.38. The molecule has 4 rings (SSSR count). The van der Waals surface area contributed by atoms with Crippen LogP contribution in [-0.2, 0) is 10.3 Å². The molecule has 0 unspecified atom stereocenters. The summed E-state index contributed by atoms with van der Waals surface area (Å²) in [5.41, 5.74) is 2.55. The van der Waals surface area contributed by atoms with Gasteiger partial charge in [-0.3, -0.25) is 9.69 Å². The number of fused-ring (bicyclic) bond motifs is 1. The number of rotatable bonds is 4. The lowest BCUT2D eigenvalue weighted by molar-refractivity contribution is 0.0596. The average Bonchev–Trinajstić information content (AvgIpc) is 2.87. The van der Waals surface area contributed by atoms with E-state index in [-0.39, 0.29) is 5.91 Å². The normalized spacial score (nSPS) is 17.6. The van der Waals surface area contributed by atoms with Crippen molar-refractivity contribution in [3.05, 3.63) is 112 Å². The number of ether oxygens (including phenoxy) is 1. The van der Waals surface area contributed by atoms with Gasteiger partial charge in [0, 0.05) is 23.2 Å². The van der Waals surface area contributed by atoms with Crippen LogP contribution in [0.15, 0.2) is 79.0 Å². The molecule has 0 fully saturated rings. The fourth-order valence-electron chi connectivity index (χ4n) is 4.61. The predicted octanol–water partition coefficient (Wildman–Crippen LogP) is 5.43. The van der Waals surface area contributed by atoms with Crippen LogP contribution in [0.25, 0.3) is 6.08 Å². The number of carbonyl (C=O) groups excluding carboxylic acids is 2.